The number of alkyl halides is 3. The Balaban J connectivity index is 2.17. The van der Waals surface area contributed by atoms with E-state index >= 15 is 0 Å². The van der Waals surface area contributed by atoms with E-state index in [1.807, 2.05) is 0 Å². The van der Waals surface area contributed by atoms with Crippen molar-refractivity contribution in [2.75, 3.05) is 7.11 Å². The van der Waals surface area contributed by atoms with Crippen molar-refractivity contribution in [3.63, 3.8) is 0 Å². The smallest absolute Gasteiger partial charge is 0.416 e. The molecule has 1 aromatic carbocycles. The highest BCUT2D eigenvalue weighted by Gasteiger charge is 2.30. The lowest BCUT2D eigenvalue weighted by atomic mass is 10.2. The minimum atomic E-state index is -4.43. The molecule has 118 valence electrons. The molecule has 0 saturated carbocycles. The summed E-state index contributed by atoms with van der Waals surface area (Å²) < 4.78 is 44.8. The average molecular weight is 320 g/mol. The molecule has 0 saturated heterocycles. The molecule has 0 unspecified atom stereocenters. The number of hydrogen-bond donors (Lipinski definition) is 0. The Morgan fingerprint density at radius 2 is 2.00 bits per heavy atom. The Hall–Kier alpha value is -2.83. The number of fused-ring (bicyclic) bond motifs is 1. The first-order valence-corrected chi connectivity index (χ1v) is 6.64. The summed E-state index contributed by atoms with van der Waals surface area (Å²) in [7, 11) is 1.26. The highest BCUT2D eigenvalue weighted by atomic mass is 19.4. The highest BCUT2D eigenvalue weighted by Crippen LogP contribution is 2.31. The highest BCUT2D eigenvalue weighted by molar-refractivity contribution is 6.03. The van der Waals surface area contributed by atoms with E-state index in [2.05, 4.69) is 4.98 Å². The Labute approximate surface area is 129 Å². The van der Waals surface area contributed by atoms with Crippen LogP contribution in [0, 0.1) is 0 Å². The van der Waals surface area contributed by atoms with Gasteiger partial charge in [-0.2, -0.15) is 13.2 Å². The lowest BCUT2D eigenvalue weighted by Gasteiger charge is -2.10. The molecule has 0 aliphatic carbocycles. The van der Waals surface area contributed by atoms with Crippen LogP contribution in [-0.2, 0) is 10.9 Å². The summed E-state index contributed by atoms with van der Waals surface area (Å²) >= 11 is 0. The lowest BCUT2D eigenvalue weighted by Crippen LogP contribution is -2.06. The van der Waals surface area contributed by atoms with Crippen molar-refractivity contribution < 1.29 is 22.7 Å². The average Bonchev–Trinajstić information content (AvgIpc) is 2.97. The molecule has 7 heteroatoms. The van der Waals surface area contributed by atoms with Gasteiger partial charge < -0.3 is 9.30 Å². The molecule has 0 aliphatic heterocycles. The minimum absolute atomic E-state index is 0.309. The number of esters is 1. The molecule has 0 atom stereocenters. The maximum atomic E-state index is 12.9. The third kappa shape index (κ3) is 2.65. The number of hydrogen-bond acceptors (Lipinski definition) is 3. The van der Waals surface area contributed by atoms with Gasteiger partial charge in [-0.25, -0.2) is 9.78 Å². The van der Waals surface area contributed by atoms with Crippen molar-refractivity contribution >= 4 is 17.0 Å². The number of benzene rings is 1. The van der Waals surface area contributed by atoms with E-state index in [9.17, 15) is 18.0 Å². The summed E-state index contributed by atoms with van der Waals surface area (Å²) in [5, 5.41) is 0.511. The van der Waals surface area contributed by atoms with E-state index in [0.717, 1.165) is 12.1 Å². The molecule has 3 aromatic rings. The molecule has 0 aliphatic rings. The van der Waals surface area contributed by atoms with E-state index in [1.165, 1.54) is 30.0 Å². The molecule has 0 N–H and O–H groups in total. The van der Waals surface area contributed by atoms with E-state index in [4.69, 9.17) is 4.74 Å². The molecule has 2 aromatic heterocycles. The molecule has 0 bridgehead atoms. The number of ether oxygens (including phenoxy) is 1. The number of nitrogens with zero attached hydrogens (tertiary/aromatic N) is 2. The second-order valence-electron chi connectivity index (χ2n) is 4.82. The number of pyridine rings is 1. The predicted octanol–water partition coefficient (Wildman–Crippen LogP) is 3.83. The molecular weight excluding hydrogens is 309 g/mol. The van der Waals surface area contributed by atoms with E-state index in [-0.39, 0.29) is 0 Å². The van der Waals surface area contributed by atoms with Crippen LogP contribution in [0.3, 0.4) is 0 Å². The predicted molar refractivity (Wildman–Crippen MR) is 77.4 cm³/mol. The summed E-state index contributed by atoms with van der Waals surface area (Å²) in [6, 6.07) is 8.03. The van der Waals surface area contributed by atoms with Crippen LogP contribution < -0.4 is 0 Å². The van der Waals surface area contributed by atoms with Gasteiger partial charge in [0.05, 0.1) is 18.2 Å². The fourth-order valence-electron chi connectivity index (χ4n) is 2.37. The van der Waals surface area contributed by atoms with Crippen LogP contribution in [-0.4, -0.2) is 22.6 Å². The van der Waals surface area contributed by atoms with Gasteiger partial charge in [0, 0.05) is 23.5 Å². The Morgan fingerprint density at radius 1 is 1.22 bits per heavy atom. The van der Waals surface area contributed by atoms with Gasteiger partial charge in [0.1, 0.15) is 5.65 Å². The molecule has 0 fully saturated rings. The number of methoxy groups -OCH3 is 1. The standard InChI is InChI=1S/C16H11F3N2O2/c1-23-15(22)13-5-7-20-14-12(13)6-8-21(14)11-4-2-3-10(9-11)16(17,18)19/h2-9H,1H3. The number of carbonyl (C=O) groups excluding carboxylic acids is 1. The first-order valence-electron chi connectivity index (χ1n) is 6.64. The van der Waals surface area contributed by atoms with Crippen molar-refractivity contribution in [2.45, 2.75) is 6.18 Å². The number of halogens is 3. The van der Waals surface area contributed by atoms with Crippen LogP contribution >= 0.6 is 0 Å². The number of rotatable bonds is 2. The van der Waals surface area contributed by atoms with E-state index in [0.29, 0.717) is 22.3 Å². The molecular formula is C16H11F3N2O2. The maximum Gasteiger partial charge on any atom is 0.416 e. The monoisotopic (exact) mass is 320 g/mol. The number of aromatic nitrogens is 2. The van der Waals surface area contributed by atoms with Gasteiger partial charge in [-0.05, 0) is 30.3 Å². The Kier molecular flexibility index (Phi) is 3.55. The number of carbonyl (C=O) groups is 1. The van der Waals surface area contributed by atoms with Crippen LogP contribution in [0.25, 0.3) is 16.7 Å². The van der Waals surface area contributed by atoms with Gasteiger partial charge in [0.2, 0.25) is 0 Å². The summed E-state index contributed by atoms with van der Waals surface area (Å²) in [4.78, 5) is 15.9. The molecule has 0 radical (unpaired) electrons. The minimum Gasteiger partial charge on any atom is -0.465 e. The van der Waals surface area contributed by atoms with E-state index < -0.39 is 17.7 Å². The third-order valence-electron chi connectivity index (χ3n) is 3.44. The molecule has 0 amide bonds. The normalized spacial score (nSPS) is 11.7. The topological polar surface area (TPSA) is 44.1 Å². The van der Waals surface area contributed by atoms with Crippen molar-refractivity contribution in [3.8, 4) is 5.69 Å². The van der Waals surface area contributed by atoms with Crippen molar-refractivity contribution in [1.29, 1.82) is 0 Å². The van der Waals surface area contributed by atoms with Gasteiger partial charge >= 0.3 is 12.1 Å². The van der Waals surface area contributed by atoms with Crippen LogP contribution in [0.2, 0.25) is 0 Å². The Morgan fingerprint density at radius 3 is 2.70 bits per heavy atom. The Bertz CT molecular complexity index is 884. The van der Waals surface area contributed by atoms with Crippen LogP contribution in [0.1, 0.15) is 15.9 Å². The maximum absolute atomic E-state index is 12.9. The quantitative estimate of drug-likeness (QED) is 0.674. The summed E-state index contributed by atoms with van der Waals surface area (Å²) in [6.07, 6.45) is -1.44. The largest absolute Gasteiger partial charge is 0.465 e. The second kappa shape index (κ2) is 5.42. The lowest BCUT2D eigenvalue weighted by molar-refractivity contribution is -0.137. The van der Waals surface area contributed by atoms with Crippen molar-refractivity contribution in [3.05, 3.63) is 59.9 Å². The van der Waals surface area contributed by atoms with Gasteiger partial charge in [0.15, 0.2) is 0 Å². The summed E-state index contributed by atoms with van der Waals surface area (Å²) in [5.74, 6) is -0.529. The molecule has 4 nitrogen and oxygen atoms in total. The van der Waals surface area contributed by atoms with Crippen molar-refractivity contribution in [1.82, 2.24) is 9.55 Å². The first-order chi connectivity index (χ1) is 10.9. The van der Waals surface area contributed by atoms with Crippen LogP contribution in [0.4, 0.5) is 13.2 Å². The molecule has 0 spiro atoms. The fraction of sp³-hybridized carbons (Fsp3) is 0.125. The van der Waals surface area contributed by atoms with Gasteiger partial charge in [-0.3, -0.25) is 0 Å². The van der Waals surface area contributed by atoms with E-state index in [1.54, 1.807) is 18.3 Å². The van der Waals surface area contributed by atoms with Crippen LogP contribution in [0.5, 0.6) is 0 Å². The zero-order valence-corrected chi connectivity index (χ0v) is 12.0. The summed E-state index contributed by atoms with van der Waals surface area (Å²) in [5.41, 5.74) is 0.251. The molecule has 2 heterocycles. The molecule has 23 heavy (non-hydrogen) atoms. The second-order valence-corrected chi connectivity index (χ2v) is 4.82. The molecule has 3 rings (SSSR count). The van der Waals surface area contributed by atoms with Crippen molar-refractivity contribution in [2.24, 2.45) is 0 Å². The van der Waals surface area contributed by atoms with Gasteiger partial charge in [-0.15, -0.1) is 0 Å². The first kappa shape index (κ1) is 15.1. The fourth-order valence-corrected chi connectivity index (χ4v) is 2.37. The zero-order chi connectivity index (χ0) is 16.6. The SMILES string of the molecule is COC(=O)c1ccnc2c1ccn2-c1cccc(C(F)(F)F)c1. The summed E-state index contributed by atoms with van der Waals surface area (Å²) in [6.45, 7) is 0. The van der Waals surface area contributed by atoms with Gasteiger partial charge in [0.25, 0.3) is 0 Å². The third-order valence-corrected chi connectivity index (χ3v) is 3.44. The van der Waals surface area contributed by atoms with Gasteiger partial charge in [-0.1, -0.05) is 6.07 Å². The zero-order valence-electron chi connectivity index (χ0n) is 12.0. The van der Waals surface area contributed by atoms with Crippen LogP contribution in [0.15, 0.2) is 48.8 Å².